The van der Waals surface area contributed by atoms with Gasteiger partial charge in [0.05, 0.1) is 0 Å². The summed E-state index contributed by atoms with van der Waals surface area (Å²) in [5.41, 5.74) is 0.245. The van der Waals surface area contributed by atoms with Crippen molar-refractivity contribution in [3.8, 4) is 0 Å². The molecule has 0 aliphatic heterocycles. The highest BCUT2D eigenvalue weighted by molar-refractivity contribution is 6.31. The van der Waals surface area contributed by atoms with Crippen molar-refractivity contribution in [1.29, 1.82) is 0 Å². The number of likely N-dealkylation sites (N-methyl/N-ethyl adjacent to an activating group) is 1. The molecule has 1 aliphatic rings. The van der Waals surface area contributed by atoms with Gasteiger partial charge in [-0.25, -0.2) is 4.39 Å². The van der Waals surface area contributed by atoms with Crippen LogP contribution in [0.4, 0.5) is 4.39 Å². The van der Waals surface area contributed by atoms with Crippen LogP contribution < -0.4 is 5.32 Å². The minimum Gasteiger partial charge on any atom is -0.352 e. The topological polar surface area (TPSA) is 32.3 Å². The zero-order valence-electron chi connectivity index (χ0n) is 11.8. The summed E-state index contributed by atoms with van der Waals surface area (Å²) in [5, 5.41) is 3.29. The molecule has 0 heterocycles. The van der Waals surface area contributed by atoms with E-state index in [-0.39, 0.29) is 22.5 Å². The zero-order chi connectivity index (χ0) is 14.7. The van der Waals surface area contributed by atoms with Crippen LogP contribution in [0.15, 0.2) is 18.2 Å². The van der Waals surface area contributed by atoms with Gasteiger partial charge >= 0.3 is 0 Å². The lowest BCUT2D eigenvalue weighted by molar-refractivity contribution is -0.126. The third-order valence-corrected chi connectivity index (χ3v) is 4.07. The van der Waals surface area contributed by atoms with Crippen LogP contribution in [0, 0.1) is 5.82 Å². The molecule has 0 aromatic heterocycles. The molecular formula is C15H20ClFN2O. The molecule has 1 N–H and O–H groups in total. The lowest BCUT2D eigenvalue weighted by atomic mass is 10.0. The molecule has 0 radical (unpaired) electrons. The van der Waals surface area contributed by atoms with Crippen LogP contribution in [0.2, 0.25) is 5.02 Å². The smallest absolute Gasteiger partial charge is 0.242 e. The maximum atomic E-state index is 14.0. The van der Waals surface area contributed by atoms with Gasteiger partial charge in [0, 0.05) is 16.6 Å². The molecule has 1 unspecified atom stereocenters. The molecule has 0 spiro atoms. The lowest BCUT2D eigenvalue weighted by Crippen LogP contribution is -2.41. The van der Waals surface area contributed by atoms with Gasteiger partial charge in [-0.1, -0.05) is 30.5 Å². The van der Waals surface area contributed by atoms with E-state index >= 15 is 0 Å². The van der Waals surface area contributed by atoms with E-state index in [0.717, 1.165) is 25.7 Å². The van der Waals surface area contributed by atoms with E-state index in [4.69, 9.17) is 11.6 Å². The van der Waals surface area contributed by atoms with Crippen molar-refractivity contribution in [3.05, 3.63) is 34.6 Å². The van der Waals surface area contributed by atoms with Gasteiger partial charge in [0.15, 0.2) is 0 Å². The first-order valence-electron chi connectivity index (χ1n) is 6.91. The summed E-state index contributed by atoms with van der Waals surface area (Å²) in [6.07, 6.45) is 4.27. The molecule has 110 valence electrons. The number of hydrogen-bond acceptors (Lipinski definition) is 2. The summed E-state index contributed by atoms with van der Waals surface area (Å²) >= 11 is 6.08. The third-order valence-electron chi connectivity index (χ3n) is 3.74. The lowest BCUT2D eigenvalue weighted by Gasteiger charge is -2.26. The molecule has 1 saturated carbocycles. The predicted molar refractivity (Wildman–Crippen MR) is 78.2 cm³/mol. The van der Waals surface area contributed by atoms with E-state index in [1.54, 1.807) is 31.1 Å². The summed E-state index contributed by atoms with van der Waals surface area (Å²) in [4.78, 5) is 14.2. The largest absolute Gasteiger partial charge is 0.352 e. The fourth-order valence-electron chi connectivity index (χ4n) is 2.75. The minimum absolute atomic E-state index is 0.186. The number of amides is 1. The minimum atomic E-state index is -0.704. The summed E-state index contributed by atoms with van der Waals surface area (Å²) in [6.45, 7) is 0. The maximum Gasteiger partial charge on any atom is 0.242 e. The van der Waals surface area contributed by atoms with E-state index < -0.39 is 11.9 Å². The van der Waals surface area contributed by atoms with Crippen LogP contribution in [0.5, 0.6) is 0 Å². The Hall–Kier alpha value is -1.13. The molecule has 1 atom stereocenters. The van der Waals surface area contributed by atoms with Crippen molar-refractivity contribution < 1.29 is 9.18 Å². The second kappa shape index (κ2) is 6.55. The molecule has 20 heavy (non-hydrogen) atoms. The van der Waals surface area contributed by atoms with Crippen LogP contribution in [0.3, 0.4) is 0 Å². The highest BCUT2D eigenvalue weighted by atomic mass is 35.5. The number of carbonyl (C=O) groups is 1. The zero-order valence-corrected chi connectivity index (χ0v) is 12.6. The first kappa shape index (κ1) is 15.3. The second-order valence-corrected chi connectivity index (χ2v) is 5.90. The molecule has 1 fully saturated rings. The van der Waals surface area contributed by atoms with Crippen molar-refractivity contribution in [2.24, 2.45) is 0 Å². The molecular weight excluding hydrogens is 279 g/mol. The number of hydrogen-bond donors (Lipinski definition) is 1. The van der Waals surface area contributed by atoms with Crippen molar-refractivity contribution in [2.45, 2.75) is 37.8 Å². The highest BCUT2D eigenvalue weighted by Gasteiger charge is 2.30. The van der Waals surface area contributed by atoms with Gasteiger partial charge < -0.3 is 5.32 Å². The number of halogens is 2. The average molecular weight is 299 g/mol. The summed E-state index contributed by atoms with van der Waals surface area (Å²) in [7, 11) is 3.50. The Labute approximate surface area is 124 Å². The number of nitrogens with zero attached hydrogens (tertiary/aromatic N) is 1. The first-order chi connectivity index (χ1) is 9.50. The Kier molecular flexibility index (Phi) is 5.00. The molecule has 1 amide bonds. The van der Waals surface area contributed by atoms with Gasteiger partial charge in [-0.2, -0.15) is 0 Å². The maximum absolute atomic E-state index is 14.0. The predicted octanol–water partition coefficient (Wildman–Crippen LogP) is 3.14. The SMILES string of the molecule is CN(C)C(C(=O)NC1CCCC1)c1c(F)cccc1Cl. The fraction of sp³-hybridized carbons (Fsp3) is 0.533. The monoisotopic (exact) mass is 298 g/mol. The molecule has 3 nitrogen and oxygen atoms in total. The number of nitrogens with one attached hydrogen (secondary N) is 1. The van der Waals surface area contributed by atoms with Crippen LogP contribution in [0.1, 0.15) is 37.3 Å². The Bertz CT molecular complexity index is 467. The van der Waals surface area contributed by atoms with E-state index in [2.05, 4.69) is 5.32 Å². The first-order valence-corrected chi connectivity index (χ1v) is 7.29. The molecule has 2 rings (SSSR count). The van der Waals surface area contributed by atoms with E-state index in [9.17, 15) is 9.18 Å². The van der Waals surface area contributed by atoms with Gasteiger partial charge in [-0.05, 0) is 39.1 Å². The van der Waals surface area contributed by atoms with E-state index in [1.165, 1.54) is 6.07 Å². The highest BCUT2D eigenvalue weighted by Crippen LogP contribution is 2.29. The normalized spacial score (nSPS) is 17.4. The van der Waals surface area contributed by atoms with Gasteiger partial charge in [0.25, 0.3) is 0 Å². The summed E-state index contributed by atoms with van der Waals surface area (Å²) in [6, 6.07) is 3.99. The van der Waals surface area contributed by atoms with E-state index in [0.29, 0.717) is 0 Å². The standard InChI is InChI=1S/C15H20ClFN2O/c1-19(2)14(13-11(16)8-5-9-12(13)17)15(20)18-10-6-3-4-7-10/h5,8-10,14H,3-4,6-7H2,1-2H3,(H,18,20). The van der Waals surface area contributed by atoms with Crippen LogP contribution in [-0.4, -0.2) is 30.9 Å². The molecule has 1 aromatic rings. The Morgan fingerprint density at radius 2 is 2.05 bits per heavy atom. The average Bonchev–Trinajstić information content (AvgIpc) is 2.86. The number of carbonyl (C=O) groups excluding carboxylic acids is 1. The van der Waals surface area contributed by atoms with Crippen molar-refractivity contribution >= 4 is 17.5 Å². The Balaban J connectivity index is 2.24. The summed E-state index contributed by atoms with van der Waals surface area (Å²) in [5.74, 6) is -0.633. The second-order valence-electron chi connectivity index (χ2n) is 5.49. The van der Waals surface area contributed by atoms with Gasteiger partial charge in [0.2, 0.25) is 5.91 Å². The third kappa shape index (κ3) is 3.30. The molecule has 5 heteroatoms. The van der Waals surface area contributed by atoms with Crippen LogP contribution in [0.25, 0.3) is 0 Å². The van der Waals surface area contributed by atoms with Crippen LogP contribution in [-0.2, 0) is 4.79 Å². The van der Waals surface area contributed by atoms with Gasteiger partial charge in [-0.15, -0.1) is 0 Å². The summed E-state index contributed by atoms with van der Waals surface area (Å²) < 4.78 is 14.0. The quantitative estimate of drug-likeness (QED) is 0.926. The molecule has 0 bridgehead atoms. The van der Waals surface area contributed by atoms with Crippen molar-refractivity contribution in [2.75, 3.05) is 14.1 Å². The van der Waals surface area contributed by atoms with Gasteiger partial charge in [0.1, 0.15) is 11.9 Å². The molecule has 0 saturated heterocycles. The van der Waals surface area contributed by atoms with E-state index in [1.807, 2.05) is 0 Å². The van der Waals surface area contributed by atoms with Crippen molar-refractivity contribution in [1.82, 2.24) is 10.2 Å². The fourth-order valence-corrected chi connectivity index (χ4v) is 3.01. The molecule has 1 aromatic carbocycles. The Morgan fingerprint density at radius 1 is 1.40 bits per heavy atom. The number of benzene rings is 1. The van der Waals surface area contributed by atoms with Crippen molar-refractivity contribution in [3.63, 3.8) is 0 Å². The van der Waals surface area contributed by atoms with Crippen LogP contribution >= 0.6 is 11.6 Å². The Morgan fingerprint density at radius 3 is 2.60 bits per heavy atom. The number of rotatable bonds is 4. The molecule has 1 aliphatic carbocycles. The van der Waals surface area contributed by atoms with Gasteiger partial charge in [-0.3, -0.25) is 9.69 Å².